The zero-order valence-corrected chi connectivity index (χ0v) is 9.65. The molecule has 1 aromatic rings. The highest BCUT2D eigenvalue weighted by Gasteiger charge is 2.09. The van der Waals surface area contributed by atoms with Gasteiger partial charge < -0.3 is 4.90 Å². The van der Waals surface area contributed by atoms with E-state index >= 15 is 0 Å². The van der Waals surface area contributed by atoms with E-state index in [9.17, 15) is 9.18 Å². The van der Waals surface area contributed by atoms with Gasteiger partial charge in [0.2, 0.25) is 5.91 Å². The van der Waals surface area contributed by atoms with Gasteiger partial charge in [-0.2, -0.15) is 0 Å². The lowest BCUT2D eigenvalue weighted by molar-refractivity contribution is -0.127. The van der Waals surface area contributed by atoms with E-state index in [1.54, 1.807) is 13.1 Å². The van der Waals surface area contributed by atoms with E-state index < -0.39 is 5.82 Å². The van der Waals surface area contributed by atoms with Crippen molar-refractivity contribution in [3.8, 4) is 0 Å². The van der Waals surface area contributed by atoms with E-state index in [0.717, 1.165) is 0 Å². The molecule has 0 aliphatic heterocycles. The highest BCUT2D eigenvalue weighted by atomic mass is 35.5. The van der Waals surface area contributed by atoms with Gasteiger partial charge in [0, 0.05) is 18.6 Å². The maximum atomic E-state index is 12.7. The third kappa shape index (κ3) is 3.36. The molecule has 0 saturated heterocycles. The van der Waals surface area contributed by atoms with E-state index in [4.69, 9.17) is 23.2 Å². The van der Waals surface area contributed by atoms with Crippen LogP contribution in [0.1, 0.15) is 5.56 Å². The normalized spacial score (nSPS) is 10.1. The van der Waals surface area contributed by atoms with Gasteiger partial charge in [0.15, 0.2) is 0 Å². The van der Waals surface area contributed by atoms with Crippen molar-refractivity contribution in [3.05, 3.63) is 34.6 Å². The Labute approximate surface area is 97.6 Å². The van der Waals surface area contributed by atoms with Crippen molar-refractivity contribution < 1.29 is 9.18 Å². The van der Waals surface area contributed by atoms with Gasteiger partial charge in [0.25, 0.3) is 0 Å². The number of rotatable bonds is 3. The maximum absolute atomic E-state index is 12.7. The Bertz CT molecular complexity index is 370. The molecule has 0 fully saturated rings. The molecule has 82 valence electrons. The molecule has 0 N–H and O–H groups in total. The standard InChI is InChI=1S/C10H10Cl2FNO/c1-14(10(15)5-11)6-7-2-3-8(13)4-9(7)12/h2-4H,5-6H2,1H3. The highest BCUT2D eigenvalue weighted by molar-refractivity contribution is 6.31. The number of amides is 1. The Balaban J connectivity index is 2.76. The number of alkyl halides is 1. The molecule has 0 aromatic heterocycles. The number of hydrogen-bond acceptors (Lipinski definition) is 1. The van der Waals surface area contributed by atoms with Crippen molar-refractivity contribution in [2.24, 2.45) is 0 Å². The van der Waals surface area contributed by atoms with E-state index in [-0.39, 0.29) is 11.8 Å². The second kappa shape index (κ2) is 5.33. The molecule has 0 unspecified atom stereocenters. The summed E-state index contributed by atoms with van der Waals surface area (Å²) in [5.74, 6) is -0.665. The van der Waals surface area contributed by atoms with E-state index in [1.165, 1.54) is 17.0 Å². The summed E-state index contributed by atoms with van der Waals surface area (Å²) >= 11 is 11.2. The monoisotopic (exact) mass is 249 g/mol. The van der Waals surface area contributed by atoms with Crippen LogP contribution in [0, 0.1) is 5.82 Å². The molecule has 1 rings (SSSR count). The molecule has 15 heavy (non-hydrogen) atoms. The smallest absolute Gasteiger partial charge is 0.237 e. The fourth-order valence-corrected chi connectivity index (χ4v) is 1.53. The van der Waals surface area contributed by atoms with Gasteiger partial charge >= 0.3 is 0 Å². The second-order valence-corrected chi connectivity index (χ2v) is 3.79. The molecule has 0 saturated carbocycles. The largest absolute Gasteiger partial charge is 0.340 e. The van der Waals surface area contributed by atoms with E-state index in [1.807, 2.05) is 0 Å². The Morgan fingerprint density at radius 2 is 2.20 bits per heavy atom. The number of benzene rings is 1. The fraction of sp³-hybridized carbons (Fsp3) is 0.300. The summed E-state index contributed by atoms with van der Waals surface area (Å²) in [6, 6.07) is 4.08. The van der Waals surface area contributed by atoms with E-state index in [0.29, 0.717) is 17.1 Å². The summed E-state index contributed by atoms with van der Waals surface area (Å²) in [5, 5.41) is 0.309. The Morgan fingerprint density at radius 3 is 2.73 bits per heavy atom. The molecule has 0 spiro atoms. The minimum absolute atomic E-state index is 0.0741. The minimum Gasteiger partial charge on any atom is -0.340 e. The van der Waals surface area contributed by atoms with Crippen LogP contribution in [0.2, 0.25) is 5.02 Å². The third-order valence-electron chi connectivity index (χ3n) is 1.96. The minimum atomic E-state index is -0.393. The summed E-state index contributed by atoms with van der Waals surface area (Å²) in [5.41, 5.74) is 0.694. The number of carbonyl (C=O) groups excluding carboxylic acids is 1. The molecule has 0 aliphatic carbocycles. The van der Waals surface area contributed by atoms with Crippen LogP contribution in [0.3, 0.4) is 0 Å². The molecular formula is C10H10Cl2FNO. The lowest BCUT2D eigenvalue weighted by Crippen LogP contribution is -2.27. The van der Waals surface area contributed by atoms with E-state index in [2.05, 4.69) is 0 Å². The first-order valence-corrected chi connectivity index (χ1v) is 5.19. The van der Waals surface area contributed by atoms with Gasteiger partial charge in [0.05, 0.1) is 0 Å². The number of carbonyl (C=O) groups is 1. The van der Waals surface area contributed by atoms with Gasteiger partial charge in [-0.1, -0.05) is 17.7 Å². The predicted molar refractivity (Wildman–Crippen MR) is 58.6 cm³/mol. The van der Waals surface area contributed by atoms with Crippen LogP contribution in [0.5, 0.6) is 0 Å². The average molecular weight is 250 g/mol. The first kappa shape index (κ1) is 12.3. The van der Waals surface area contributed by atoms with Crippen LogP contribution in [-0.2, 0) is 11.3 Å². The summed E-state index contributed by atoms with van der Waals surface area (Å²) in [7, 11) is 1.62. The zero-order valence-electron chi connectivity index (χ0n) is 8.14. The van der Waals surface area contributed by atoms with Crippen LogP contribution >= 0.6 is 23.2 Å². The summed E-state index contributed by atoms with van der Waals surface area (Å²) < 4.78 is 12.7. The second-order valence-electron chi connectivity index (χ2n) is 3.12. The molecule has 0 radical (unpaired) electrons. The first-order chi connectivity index (χ1) is 7.04. The Morgan fingerprint density at radius 1 is 1.53 bits per heavy atom. The van der Waals surface area contributed by atoms with Crippen LogP contribution in [-0.4, -0.2) is 23.7 Å². The topological polar surface area (TPSA) is 20.3 Å². The van der Waals surface area contributed by atoms with Crippen molar-refractivity contribution >= 4 is 29.1 Å². The Hall–Kier alpha value is -0.800. The van der Waals surface area contributed by atoms with Crippen LogP contribution in [0.4, 0.5) is 4.39 Å². The number of halogens is 3. The molecule has 0 aliphatic rings. The predicted octanol–water partition coefficient (Wildman–Crippen LogP) is 2.68. The molecule has 2 nitrogen and oxygen atoms in total. The van der Waals surface area contributed by atoms with Crippen LogP contribution in [0.15, 0.2) is 18.2 Å². The fourth-order valence-electron chi connectivity index (χ4n) is 1.10. The molecule has 5 heteroatoms. The van der Waals surface area contributed by atoms with Crippen molar-refractivity contribution in [2.45, 2.75) is 6.54 Å². The molecular weight excluding hydrogens is 240 g/mol. The summed E-state index contributed by atoms with van der Waals surface area (Å²) in [4.78, 5) is 12.6. The molecule has 1 amide bonds. The van der Waals surface area contributed by atoms with Gasteiger partial charge in [0.1, 0.15) is 11.7 Å². The van der Waals surface area contributed by atoms with Gasteiger partial charge in [-0.05, 0) is 17.7 Å². The zero-order chi connectivity index (χ0) is 11.4. The maximum Gasteiger partial charge on any atom is 0.237 e. The van der Waals surface area contributed by atoms with Crippen molar-refractivity contribution in [1.29, 1.82) is 0 Å². The first-order valence-electron chi connectivity index (χ1n) is 4.28. The quantitative estimate of drug-likeness (QED) is 0.755. The Kier molecular flexibility index (Phi) is 4.36. The molecule has 1 aromatic carbocycles. The van der Waals surface area contributed by atoms with Crippen molar-refractivity contribution in [3.63, 3.8) is 0 Å². The molecule has 0 bridgehead atoms. The lowest BCUT2D eigenvalue weighted by Gasteiger charge is -2.16. The van der Waals surface area contributed by atoms with Gasteiger partial charge in [-0.3, -0.25) is 4.79 Å². The lowest BCUT2D eigenvalue weighted by atomic mass is 10.2. The summed E-state index contributed by atoms with van der Waals surface area (Å²) in [6.45, 7) is 0.324. The number of hydrogen-bond donors (Lipinski definition) is 0. The van der Waals surface area contributed by atoms with Crippen molar-refractivity contribution in [1.82, 2.24) is 4.90 Å². The SMILES string of the molecule is CN(Cc1ccc(F)cc1Cl)C(=O)CCl. The highest BCUT2D eigenvalue weighted by Crippen LogP contribution is 2.18. The third-order valence-corrected chi connectivity index (χ3v) is 2.54. The van der Waals surface area contributed by atoms with Crippen LogP contribution < -0.4 is 0 Å². The summed E-state index contributed by atoms with van der Waals surface area (Å²) in [6.07, 6.45) is 0. The van der Waals surface area contributed by atoms with Gasteiger partial charge in [-0.15, -0.1) is 11.6 Å². The van der Waals surface area contributed by atoms with Crippen molar-refractivity contribution in [2.75, 3.05) is 12.9 Å². The van der Waals surface area contributed by atoms with Gasteiger partial charge in [-0.25, -0.2) is 4.39 Å². The average Bonchev–Trinajstić information content (AvgIpc) is 2.20. The number of nitrogens with zero attached hydrogens (tertiary/aromatic N) is 1. The van der Waals surface area contributed by atoms with Crippen LogP contribution in [0.25, 0.3) is 0 Å². The molecule has 0 heterocycles. The molecule has 0 atom stereocenters.